The molecule has 8 nitrogen and oxygen atoms in total. The highest BCUT2D eigenvalue weighted by Crippen LogP contribution is 2.25. The molecule has 0 bridgehead atoms. The number of hydrogen-bond acceptors (Lipinski definition) is 5. The quantitative estimate of drug-likeness (QED) is 0.643. The van der Waals surface area contributed by atoms with Crippen LogP contribution >= 0.6 is 0 Å². The monoisotopic (exact) mass is 466 g/mol. The van der Waals surface area contributed by atoms with Gasteiger partial charge in [0, 0.05) is 44.4 Å². The third kappa shape index (κ3) is 6.05. The van der Waals surface area contributed by atoms with Crippen molar-refractivity contribution in [2.24, 2.45) is 5.73 Å². The highest BCUT2D eigenvalue weighted by atomic mass is 16.5. The number of nitrogens with zero attached hydrogens (tertiary/aromatic N) is 3. The molecule has 2 amide bonds. The van der Waals surface area contributed by atoms with Gasteiger partial charge in [-0.3, -0.25) is 19.3 Å². The maximum atomic E-state index is 12.8. The first-order valence-electron chi connectivity index (χ1n) is 12.2. The maximum absolute atomic E-state index is 12.8. The Balaban J connectivity index is 1.24. The molecule has 182 valence electrons. The van der Waals surface area contributed by atoms with Gasteiger partial charge in [0.1, 0.15) is 12.4 Å². The third-order valence-electron chi connectivity index (χ3n) is 6.94. The molecule has 8 heteroatoms. The molecule has 1 aromatic carbocycles. The minimum atomic E-state index is -0.236. The van der Waals surface area contributed by atoms with Gasteiger partial charge in [0.25, 0.3) is 5.56 Å². The maximum Gasteiger partial charge on any atom is 0.254 e. The number of carbonyl (C=O) groups is 2. The number of carbonyl (C=O) groups excluding carboxylic acids is 2. The SMILES string of the molecule is NC(=O)C1CCCCN1C1CCN(C(=O)CCn2ccc(OCc3ccccc3)cc2=O)CC1. The summed E-state index contributed by atoms with van der Waals surface area (Å²) < 4.78 is 7.26. The standard InChI is InChI=1S/C26H34N4O4/c27-26(33)23-8-4-5-13-30(23)21-9-14-28(15-10-21)24(31)12-17-29-16-11-22(18-25(29)32)34-19-20-6-2-1-3-7-20/h1-3,6-7,11,16,18,21,23H,4-5,8-10,12-15,17,19H2,(H2,27,33). The number of aryl methyl sites for hydroxylation is 1. The summed E-state index contributed by atoms with van der Waals surface area (Å²) >= 11 is 0. The van der Waals surface area contributed by atoms with Crippen molar-refractivity contribution in [3.63, 3.8) is 0 Å². The van der Waals surface area contributed by atoms with Crippen molar-refractivity contribution in [1.29, 1.82) is 0 Å². The van der Waals surface area contributed by atoms with E-state index in [1.807, 2.05) is 35.2 Å². The van der Waals surface area contributed by atoms with E-state index in [0.29, 0.717) is 38.0 Å². The van der Waals surface area contributed by atoms with Crippen molar-refractivity contribution in [3.05, 3.63) is 64.6 Å². The minimum Gasteiger partial charge on any atom is -0.489 e. The molecule has 0 radical (unpaired) electrons. The highest BCUT2D eigenvalue weighted by Gasteiger charge is 2.34. The second kappa shape index (κ2) is 11.3. The van der Waals surface area contributed by atoms with Crippen LogP contribution in [0.25, 0.3) is 0 Å². The average Bonchev–Trinajstić information content (AvgIpc) is 2.87. The molecule has 0 aliphatic carbocycles. The normalized spacial score (nSPS) is 19.6. The number of piperidine rings is 2. The van der Waals surface area contributed by atoms with E-state index < -0.39 is 0 Å². The van der Waals surface area contributed by atoms with E-state index in [1.54, 1.807) is 16.8 Å². The number of pyridine rings is 1. The summed E-state index contributed by atoms with van der Waals surface area (Å²) in [5.74, 6) is 0.338. The summed E-state index contributed by atoms with van der Waals surface area (Å²) in [5, 5.41) is 0. The third-order valence-corrected chi connectivity index (χ3v) is 6.94. The zero-order valence-electron chi connectivity index (χ0n) is 19.6. The Kier molecular flexibility index (Phi) is 8.00. The van der Waals surface area contributed by atoms with Gasteiger partial charge in [0.05, 0.1) is 6.04 Å². The molecule has 2 N–H and O–H groups in total. The zero-order valence-corrected chi connectivity index (χ0v) is 19.6. The van der Waals surface area contributed by atoms with Crippen LogP contribution in [-0.4, -0.2) is 57.9 Å². The van der Waals surface area contributed by atoms with E-state index in [9.17, 15) is 14.4 Å². The second-order valence-corrected chi connectivity index (χ2v) is 9.18. The van der Waals surface area contributed by atoms with E-state index in [0.717, 1.165) is 44.2 Å². The molecule has 2 aliphatic rings. The van der Waals surface area contributed by atoms with Crippen molar-refractivity contribution in [3.8, 4) is 5.75 Å². The molecule has 2 aromatic rings. The number of hydrogen-bond donors (Lipinski definition) is 1. The summed E-state index contributed by atoms with van der Waals surface area (Å²) in [6.07, 6.45) is 6.63. The van der Waals surface area contributed by atoms with E-state index in [-0.39, 0.29) is 29.8 Å². The molecule has 2 aliphatic heterocycles. The Morgan fingerprint density at radius 2 is 1.76 bits per heavy atom. The Morgan fingerprint density at radius 1 is 1.00 bits per heavy atom. The van der Waals surface area contributed by atoms with Crippen LogP contribution in [0.2, 0.25) is 0 Å². The fourth-order valence-electron chi connectivity index (χ4n) is 5.02. The Morgan fingerprint density at radius 3 is 2.47 bits per heavy atom. The number of nitrogens with two attached hydrogens (primary N) is 1. The van der Waals surface area contributed by atoms with Gasteiger partial charge < -0.3 is 19.9 Å². The number of benzene rings is 1. The lowest BCUT2D eigenvalue weighted by atomic mass is 9.94. The number of rotatable bonds is 8. The topological polar surface area (TPSA) is 97.9 Å². The molecule has 3 heterocycles. The lowest BCUT2D eigenvalue weighted by Crippen LogP contribution is -2.55. The van der Waals surface area contributed by atoms with Crippen molar-refractivity contribution < 1.29 is 14.3 Å². The van der Waals surface area contributed by atoms with Crippen LogP contribution < -0.4 is 16.0 Å². The van der Waals surface area contributed by atoms with E-state index in [4.69, 9.17) is 10.5 Å². The highest BCUT2D eigenvalue weighted by molar-refractivity contribution is 5.80. The Hall–Kier alpha value is -3.13. The number of likely N-dealkylation sites (tertiary alicyclic amines) is 2. The molecule has 2 fully saturated rings. The molecular weight excluding hydrogens is 432 g/mol. The fourth-order valence-corrected chi connectivity index (χ4v) is 5.02. The van der Waals surface area contributed by atoms with E-state index in [2.05, 4.69) is 4.90 Å². The van der Waals surface area contributed by atoms with Crippen LogP contribution in [0.15, 0.2) is 53.5 Å². The first kappa shape index (κ1) is 24.0. The van der Waals surface area contributed by atoms with Crippen LogP contribution in [-0.2, 0) is 22.7 Å². The van der Waals surface area contributed by atoms with Gasteiger partial charge in [-0.15, -0.1) is 0 Å². The fraction of sp³-hybridized carbons (Fsp3) is 0.500. The number of ether oxygens (including phenoxy) is 1. The van der Waals surface area contributed by atoms with E-state index >= 15 is 0 Å². The summed E-state index contributed by atoms with van der Waals surface area (Å²) in [7, 11) is 0. The largest absolute Gasteiger partial charge is 0.489 e. The first-order valence-corrected chi connectivity index (χ1v) is 12.2. The lowest BCUT2D eigenvalue weighted by molar-refractivity contribution is -0.134. The van der Waals surface area contributed by atoms with Gasteiger partial charge in [0.15, 0.2) is 0 Å². The Bertz CT molecular complexity index is 1030. The summed E-state index contributed by atoms with van der Waals surface area (Å²) in [5.41, 5.74) is 6.47. The van der Waals surface area contributed by atoms with Crippen LogP contribution in [0, 0.1) is 0 Å². The molecule has 0 saturated carbocycles. The molecular formula is C26H34N4O4. The van der Waals surface area contributed by atoms with Crippen molar-refractivity contribution in [2.75, 3.05) is 19.6 Å². The van der Waals surface area contributed by atoms with Crippen molar-refractivity contribution in [2.45, 2.75) is 63.8 Å². The number of amides is 2. The van der Waals surface area contributed by atoms with Crippen LogP contribution in [0.3, 0.4) is 0 Å². The first-order chi connectivity index (χ1) is 16.5. The number of aromatic nitrogens is 1. The predicted molar refractivity (Wildman–Crippen MR) is 129 cm³/mol. The minimum absolute atomic E-state index is 0.0554. The zero-order chi connectivity index (χ0) is 23.9. The molecule has 1 aromatic heterocycles. The molecule has 1 atom stereocenters. The summed E-state index contributed by atoms with van der Waals surface area (Å²) in [4.78, 5) is 41.2. The van der Waals surface area contributed by atoms with Gasteiger partial charge in [0.2, 0.25) is 11.8 Å². The van der Waals surface area contributed by atoms with Gasteiger partial charge >= 0.3 is 0 Å². The number of primary amides is 1. The van der Waals surface area contributed by atoms with Gasteiger partial charge in [-0.1, -0.05) is 36.8 Å². The van der Waals surface area contributed by atoms with Crippen molar-refractivity contribution in [1.82, 2.24) is 14.4 Å². The molecule has 4 rings (SSSR count). The lowest BCUT2D eigenvalue weighted by Gasteiger charge is -2.43. The molecule has 0 spiro atoms. The predicted octanol–water partition coefficient (Wildman–Crippen LogP) is 2.15. The second-order valence-electron chi connectivity index (χ2n) is 9.18. The van der Waals surface area contributed by atoms with Crippen LogP contribution in [0.4, 0.5) is 0 Å². The molecule has 2 saturated heterocycles. The van der Waals surface area contributed by atoms with Gasteiger partial charge in [-0.2, -0.15) is 0 Å². The van der Waals surface area contributed by atoms with Crippen LogP contribution in [0.1, 0.15) is 44.1 Å². The Labute approximate surface area is 200 Å². The molecule has 1 unspecified atom stereocenters. The van der Waals surface area contributed by atoms with Crippen LogP contribution in [0.5, 0.6) is 5.75 Å². The van der Waals surface area contributed by atoms with E-state index in [1.165, 1.54) is 6.07 Å². The smallest absolute Gasteiger partial charge is 0.254 e. The van der Waals surface area contributed by atoms with Gasteiger partial charge in [-0.05, 0) is 43.9 Å². The molecule has 34 heavy (non-hydrogen) atoms. The summed E-state index contributed by atoms with van der Waals surface area (Å²) in [6.45, 7) is 2.99. The average molecular weight is 467 g/mol. The van der Waals surface area contributed by atoms with Crippen molar-refractivity contribution >= 4 is 11.8 Å². The van der Waals surface area contributed by atoms with Gasteiger partial charge in [-0.25, -0.2) is 0 Å². The summed E-state index contributed by atoms with van der Waals surface area (Å²) in [6, 6.07) is 13.1.